The van der Waals surface area contributed by atoms with Gasteiger partial charge in [-0.1, -0.05) is 6.07 Å². The van der Waals surface area contributed by atoms with Crippen LogP contribution in [0.5, 0.6) is 0 Å². The second-order valence-corrected chi connectivity index (χ2v) is 5.92. The number of aromatic nitrogens is 2. The van der Waals surface area contributed by atoms with Crippen LogP contribution in [0, 0.1) is 0 Å². The summed E-state index contributed by atoms with van der Waals surface area (Å²) >= 11 is 1.71. The van der Waals surface area contributed by atoms with E-state index in [1.165, 1.54) is 0 Å². The van der Waals surface area contributed by atoms with Gasteiger partial charge < -0.3 is 9.72 Å². The SMILES string of the molecule is CCNC(=O)c1ccc(SCc2cn3ccccc3n2)cc1. The van der Waals surface area contributed by atoms with E-state index in [2.05, 4.69) is 10.3 Å². The molecule has 0 bridgehead atoms. The molecule has 112 valence electrons. The summed E-state index contributed by atoms with van der Waals surface area (Å²) in [6.07, 6.45) is 4.04. The van der Waals surface area contributed by atoms with Gasteiger partial charge in [0.1, 0.15) is 5.65 Å². The van der Waals surface area contributed by atoms with Gasteiger partial charge >= 0.3 is 0 Å². The van der Waals surface area contributed by atoms with Crippen molar-refractivity contribution in [3.8, 4) is 0 Å². The first-order valence-corrected chi connectivity index (χ1v) is 8.18. The van der Waals surface area contributed by atoms with E-state index >= 15 is 0 Å². The lowest BCUT2D eigenvalue weighted by atomic mass is 10.2. The van der Waals surface area contributed by atoms with Gasteiger partial charge in [0.25, 0.3) is 5.91 Å². The van der Waals surface area contributed by atoms with Crippen LogP contribution >= 0.6 is 11.8 Å². The highest BCUT2D eigenvalue weighted by Crippen LogP contribution is 2.23. The summed E-state index contributed by atoms with van der Waals surface area (Å²) in [5.41, 5.74) is 2.70. The zero-order valence-corrected chi connectivity index (χ0v) is 13.1. The van der Waals surface area contributed by atoms with Gasteiger partial charge in [-0.25, -0.2) is 4.98 Å². The summed E-state index contributed by atoms with van der Waals surface area (Å²) < 4.78 is 2.02. The quantitative estimate of drug-likeness (QED) is 0.735. The zero-order chi connectivity index (χ0) is 15.4. The van der Waals surface area contributed by atoms with Crippen LogP contribution in [-0.4, -0.2) is 21.8 Å². The molecule has 2 aromatic heterocycles. The second-order valence-electron chi connectivity index (χ2n) is 4.87. The van der Waals surface area contributed by atoms with Crippen molar-refractivity contribution in [3.63, 3.8) is 0 Å². The number of benzene rings is 1. The molecule has 0 fully saturated rings. The minimum atomic E-state index is -0.0283. The van der Waals surface area contributed by atoms with E-state index < -0.39 is 0 Å². The lowest BCUT2D eigenvalue weighted by Gasteiger charge is -2.03. The lowest BCUT2D eigenvalue weighted by molar-refractivity contribution is 0.0956. The average Bonchev–Trinajstić information content (AvgIpc) is 2.96. The van der Waals surface area contributed by atoms with Gasteiger partial charge in [0.15, 0.2) is 0 Å². The number of imidazole rings is 1. The number of carbonyl (C=O) groups is 1. The molecule has 0 aliphatic rings. The van der Waals surface area contributed by atoms with E-state index in [4.69, 9.17) is 0 Å². The van der Waals surface area contributed by atoms with Crippen LogP contribution < -0.4 is 5.32 Å². The first-order valence-electron chi connectivity index (χ1n) is 7.20. The third-order valence-corrected chi connectivity index (χ3v) is 4.30. The topological polar surface area (TPSA) is 46.4 Å². The number of fused-ring (bicyclic) bond motifs is 1. The lowest BCUT2D eigenvalue weighted by Crippen LogP contribution is -2.22. The van der Waals surface area contributed by atoms with E-state index in [0.29, 0.717) is 12.1 Å². The molecule has 0 aliphatic carbocycles. The fraction of sp³-hybridized carbons (Fsp3) is 0.176. The Morgan fingerprint density at radius 3 is 2.77 bits per heavy atom. The number of hydrogen-bond acceptors (Lipinski definition) is 3. The molecular weight excluding hydrogens is 294 g/mol. The fourth-order valence-corrected chi connectivity index (χ4v) is 2.96. The standard InChI is InChI=1S/C17H17N3OS/c1-2-18-17(21)13-6-8-15(9-7-13)22-12-14-11-20-10-4-3-5-16(20)19-14/h3-11H,2,12H2,1H3,(H,18,21). The number of hydrogen-bond donors (Lipinski definition) is 1. The molecule has 1 amide bonds. The van der Waals surface area contributed by atoms with Crippen LogP contribution in [0.2, 0.25) is 0 Å². The molecule has 3 aromatic rings. The van der Waals surface area contributed by atoms with Crippen LogP contribution in [0.4, 0.5) is 0 Å². The van der Waals surface area contributed by atoms with Crippen LogP contribution in [0.1, 0.15) is 23.0 Å². The Balaban J connectivity index is 1.64. The van der Waals surface area contributed by atoms with E-state index in [1.807, 2.05) is 66.2 Å². The summed E-state index contributed by atoms with van der Waals surface area (Å²) in [6.45, 7) is 2.56. The van der Waals surface area contributed by atoms with Crippen molar-refractivity contribution >= 4 is 23.3 Å². The Kier molecular flexibility index (Phi) is 4.44. The molecule has 1 N–H and O–H groups in total. The van der Waals surface area contributed by atoms with Crippen LogP contribution in [0.3, 0.4) is 0 Å². The van der Waals surface area contributed by atoms with E-state index in [-0.39, 0.29) is 5.91 Å². The van der Waals surface area contributed by atoms with Gasteiger partial charge in [-0.05, 0) is 43.3 Å². The molecule has 0 unspecified atom stereocenters. The number of rotatable bonds is 5. The minimum Gasteiger partial charge on any atom is -0.352 e. The van der Waals surface area contributed by atoms with Crippen molar-refractivity contribution < 1.29 is 4.79 Å². The molecule has 3 rings (SSSR count). The predicted molar refractivity (Wildman–Crippen MR) is 89.2 cm³/mol. The first-order chi connectivity index (χ1) is 10.8. The maximum Gasteiger partial charge on any atom is 0.251 e. The highest BCUT2D eigenvalue weighted by Gasteiger charge is 2.05. The van der Waals surface area contributed by atoms with Crippen molar-refractivity contribution in [2.45, 2.75) is 17.6 Å². The van der Waals surface area contributed by atoms with Crippen LogP contribution in [0.25, 0.3) is 5.65 Å². The molecule has 0 spiro atoms. The van der Waals surface area contributed by atoms with Gasteiger partial charge in [-0.2, -0.15) is 0 Å². The van der Waals surface area contributed by atoms with E-state index in [1.54, 1.807) is 11.8 Å². The molecule has 5 heteroatoms. The zero-order valence-electron chi connectivity index (χ0n) is 12.3. The van der Waals surface area contributed by atoms with Crippen molar-refractivity contribution in [1.29, 1.82) is 0 Å². The van der Waals surface area contributed by atoms with Crippen molar-refractivity contribution in [1.82, 2.24) is 14.7 Å². The molecule has 2 heterocycles. The number of thioether (sulfide) groups is 1. The molecule has 4 nitrogen and oxygen atoms in total. The number of nitrogens with one attached hydrogen (secondary N) is 1. The highest BCUT2D eigenvalue weighted by molar-refractivity contribution is 7.98. The highest BCUT2D eigenvalue weighted by atomic mass is 32.2. The number of pyridine rings is 1. The largest absolute Gasteiger partial charge is 0.352 e. The van der Waals surface area contributed by atoms with Crippen LogP contribution in [0.15, 0.2) is 59.8 Å². The molecular formula is C17H17N3OS. The summed E-state index contributed by atoms with van der Waals surface area (Å²) in [6, 6.07) is 13.6. The Bertz CT molecular complexity index is 747. The van der Waals surface area contributed by atoms with E-state index in [0.717, 1.165) is 22.0 Å². The summed E-state index contributed by atoms with van der Waals surface area (Å²) in [5.74, 6) is 0.779. The Labute approximate surface area is 133 Å². The number of amides is 1. The van der Waals surface area contributed by atoms with Crippen LogP contribution in [-0.2, 0) is 5.75 Å². The molecule has 0 radical (unpaired) electrons. The Morgan fingerprint density at radius 2 is 2.05 bits per heavy atom. The third kappa shape index (κ3) is 3.31. The molecule has 0 saturated heterocycles. The van der Waals surface area contributed by atoms with Gasteiger partial charge in [-0.15, -0.1) is 11.8 Å². The molecule has 1 aromatic carbocycles. The van der Waals surface area contributed by atoms with Gasteiger partial charge in [0, 0.05) is 35.2 Å². The Morgan fingerprint density at radius 1 is 1.23 bits per heavy atom. The summed E-state index contributed by atoms with van der Waals surface area (Å²) in [4.78, 5) is 17.4. The predicted octanol–water partition coefficient (Wildman–Crippen LogP) is 3.38. The van der Waals surface area contributed by atoms with Gasteiger partial charge in [0.05, 0.1) is 5.69 Å². The number of carbonyl (C=O) groups excluding carboxylic acids is 1. The number of nitrogens with zero attached hydrogens (tertiary/aromatic N) is 2. The molecule has 22 heavy (non-hydrogen) atoms. The Hall–Kier alpha value is -2.27. The monoisotopic (exact) mass is 311 g/mol. The van der Waals surface area contributed by atoms with Crippen molar-refractivity contribution in [2.75, 3.05) is 6.54 Å². The minimum absolute atomic E-state index is 0.0283. The summed E-state index contributed by atoms with van der Waals surface area (Å²) in [5, 5.41) is 2.80. The first kappa shape index (κ1) is 14.7. The maximum atomic E-state index is 11.7. The molecule has 0 atom stereocenters. The van der Waals surface area contributed by atoms with E-state index in [9.17, 15) is 4.79 Å². The van der Waals surface area contributed by atoms with Crippen molar-refractivity contribution in [3.05, 3.63) is 66.1 Å². The molecule has 0 saturated carbocycles. The third-order valence-electron chi connectivity index (χ3n) is 3.25. The van der Waals surface area contributed by atoms with Crippen molar-refractivity contribution in [2.24, 2.45) is 0 Å². The fourth-order valence-electron chi connectivity index (χ4n) is 2.18. The molecule has 0 aliphatic heterocycles. The second kappa shape index (κ2) is 6.66. The van der Waals surface area contributed by atoms with Gasteiger partial charge in [0.2, 0.25) is 0 Å². The normalized spacial score (nSPS) is 10.8. The average molecular weight is 311 g/mol. The maximum absolute atomic E-state index is 11.7. The smallest absolute Gasteiger partial charge is 0.251 e. The summed E-state index contributed by atoms with van der Waals surface area (Å²) in [7, 11) is 0. The van der Waals surface area contributed by atoms with Gasteiger partial charge in [-0.3, -0.25) is 4.79 Å².